The number of carbonyl (C=O) groups excluding carboxylic acids is 1. The number of nitriles is 1. The summed E-state index contributed by atoms with van der Waals surface area (Å²) in [5.74, 6) is -0.0316. The van der Waals surface area contributed by atoms with E-state index in [-0.39, 0.29) is 30.9 Å². The molecule has 2 N–H and O–H groups in total. The van der Waals surface area contributed by atoms with Crippen LogP contribution in [0.5, 0.6) is 0 Å². The van der Waals surface area contributed by atoms with E-state index in [1.165, 1.54) is 10.9 Å². The van der Waals surface area contributed by atoms with Crippen LogP contribution in [0.25, 0.3) is 0 Å². The van der Waals surface area contributed by atoms with Gasteiger partial charge in [0.2, 0.25) is 0 Å². The molecular weight excluding hydrogens is 296 g/mol. The van der Waals surface area contributed by atoms with E-state index in [0.29, 0.717) is 12.1 Å². The monoisotopic (exact) mass is 316 g/mol. The first-order valence-electron chi connectivity index (χ1n) is 7.32. The van der Waals surface area contributed by atoms with Crippen LogP contribution in [0.1, 0.15) is 36.3 Å². The maximum atomic E-state index is 11.9. The molecule has 1 unspecified atom stereocenters. The lowest BCUT2D eigenvalue weighted by Crippen LogP contribution is -2.18. The average Bonchev–Trinajstić information content (AvgIpc) is 3.01. The first-order chi connectivity index (χ1) is 10.9. The molecule has 8 nitrogen and oxygen atoms in total. The molecule has 0 aliphatic rings. The maximum Gasteiger partial charge on any atom is 0.308 e. The summed E-state index contributed by atoms with van der Waals surface area (Å²) in [4.78, 5) is 11.9. The third kappa shape index (κ3) is 3.88. The minimum atomic E-state index is -0.309. The first-order valence-corrected chi connectivity index (χ1v) is 7.32. The van der Waals surface area contributed by atoms with Crippen molar-refractivity contribution in [1.82, 2.24) is 19.6 Å². The highest BCUT2D eigenvalue weighted by molar-refractivity contribution is 5.69. The Morgan fingerprint density at radius 3 is 2.83 bits per heavy atom. The molecular formula is C15H20N6O2. The van der Waals surface area contributed by atoms with Crippen molar-refractivity contribution < 1.29 is 9.53 Å². The molecule has 0 bridgehead atoms. The number of nitrogen functional groups attached to an aromatic ring is 1. The Bertz CT molecular complexity index is 740. The fourth-order valence-corrected chi connectivity index (χ4v) is 2.38. The van der Waals surface area contributed by atoms with Crippen molar-refractivity contribution >= 4 is 11.8 Å². The van der Waals surface area contributed by atoms with Crippen molar-refractivity contribution in [3.63, 3.8) is 0 Å². The highest BCUT2D eigenvalue weighted by atomic mass is 16.5. The quantitative estimate of drug-likeness (QED) is 0.805. The van der Waals surface area contributed by atoms with E-state index in [1.54, 1.807) is 0 Å². The number of nitrogens with two attached hydrogens (primary N) is 1. The second-order valence-corrected chi connectivity index (χ2v) is 5.42. The molecule has 1 atom stereocenters. The highest BCUT2D eigenvalue weighted by Gasteiger charge is 2.15. The Morgan fingerprint density at radius 1 is 1.52 bits per heavy atom. The van der Waals surface area contributed by atoms with Gasteiger partial charge in [0.05, 0.1) is 30.9 Å². The van der Waals surface area contributed by atoms with Crippen molar-refractivity contribution in [1.29, 1.82) is 5.26 Å². The molecule has 0 aliphatic carbocycles. The Labute approximate surface area is 134 Å². The SMILES string of the molecule is Cc1cc(C)n(C(C)CC(=O)OCCn2ncc(C#N)c2N)n1. The van der Waals surface area contributed by atoms with Crippen molar-refractivity contribution in [2.75, 3.05) is 12.3 Å². The van der Waals surface area contributed by atoms with E-state index in [0.717, 1.165) is 11.4 Å². The van der Waals surface area contributed by atoms with Gasteiger partial charge >= 0.3 is 5.97 Å². The summed E-state index contributed by atoms with van der Waals surface area (Å²) in [5.41, 5.74) is 7.98. The number of hydrogen-bond donors (Lipinski definition) is 1. The normalized spacial score (nSPS) is 11.9. The number of aromatic nitrogens is 4. The van der Waals surface area contributed by atoms with Gasteiger partial charge in [-0.15, -0.1) is 0 Å². The van der Waals surface area contributed by atoms with Gasteiger partial charge in [0.1, 0.15) is 24.1 Å². The smallest absolute Gasteiger partial charge is 0.308 e. The topological polar surface area (TPSA) is 112 Å². The summed E-state index contributed by atoms with van der Waals surface area (Å²) in [7, 11) is 0. The molecule has 0 radical (unpaired) electrons. The predicted octanol–water partition coefficient (Wildman–Crippen LogP) is 1.34. The lowest BCUT2D eigenvalue weighted by atomic mass is 10.2. The van der Waals surface area contributed by atoms with Gasteiger partial charge < -0.3 is 10.5 Å². The number of rotatable bonds is 6. The summed E-state index contributed by atoms with van der Waals surface area (Å²) < 4.78 is 8.46. The zero-order valence-electron chi connectivity index (χ0n) is 13.5. The molecule has 23 heavy (non-hydrogen) atoms. The van der Waals surface area contributed by atoms with Crippen molar-refractivity contribution in [2.45, 2.75) is 39.8 Å². The number of aryl methyl sites for hydroxylation is 2. The summed E-state index contributed by atoms with van der Waals surface area (Å²) in [6.07, 6.45) is 1.63. The molecule has 0 spiro atoms. The molecule has 0 fully saturated rings. The molecule has 2 heterocycles. The minimum absolute atomic E-state index is 0.0730. The van der Waals surface area contributed by atoms with Gasteiger partial charge in [0, 0.05) is 5.69 Å². The second kappa shape index (κ2) is 6.96. The second-order valence-electron chi connectivity index (χ2n) is 5.42. The van der Waals surface area contributed by atoms with Crippen LogP contribution in [0.4, 0.5) is 5.82 Å². The van der Waals surface area contributed by atoms with E-state index in [9.17, 15) is 4.79 Å². The summed E-state index contributed by atoms with van der Waals surface area (Å²) in [6.45, 7) is 6.26. The molecule has 2 aromatic heterocycles. The van der Waals surface area contributed by atoms with Gasteiger partial charge in [-0.25, -0.2) is 4.68 Å². The van der Waals surface area contributed by atoms with E-state index in [1.807, 2.05) is 37.6 Å². The molecule has 2 aromatic rings. The van der Waals surface area contributed by atoms with Crippen LogP contribution in [0.2, 0.25) is 0 Å². The summed E-state index contributed by atoms with van der Waals surface area (Å²) >= 11 is 0. The number of hydrogen-bond acceptors (Lipinski definition) is 6. The van der Waals surface area contributed by atoms with Crippen LogP contribution in [-0.2, 0) is 16.1 Å². The standard InChI is InChI=1S/C15H20N6O2/c1-10-6-11(2)21(19-10)12(3)7-14(22)23-5-4-20-15(17)13(8-16)9-18-20/h6,9,12H,4-5,7,17H2,1-3H3. The molecule has 2 rings (SSSR count). The fourth-order valence-electron chi connectivity index (χ4n) is 2.38. The van der Waals surface area contributed by atoms with Crippen LogP contribution in [0.15, 0.2) is 12.3 Å². The molecule has 8 heteroatoms. The lowest BCUT2D eigenvalue weighted by Gasteiger charge is -2.14. The van der Waals surface area contributed by atoms with Gasteiger partial charge in [-0.1, -0.05) is 0 Å². The van der Waals surface area contributed by atoms with Crippen LogP contribution < -0.4 is 5.73 Å². The van der Waals surface area contributed by atoms with Gasteiger partial charge in [0.25, 0.3) is 0 Å². The molecule has 0 saturated carbocycles. The molecule has 0 aromatic carbocycles. The number of nitrogens with zero attached hydrogens (tertiary/aromatic N) is 5. The summed E-state index contributed by atoms with van der Waals surface area (Å²) in [6, 6.07) is 3.83. The number of ether oxygens (including phenoxy) is 1. The van der Waals surface area contributed by atoms with Crippen LogP contribution >= 0.6 is 0 Å². The molecule has 122 valence electrons. The first kappa shape index (κ1) is 16.5. The lowest BCUT2D eigenvalue weighted by molar-refractivity contribution is -0.144. The maximum absolute atomic E-state index is 11.9. The zero-order valence-corrected chi connectivity index (χ0v) is 13.5. The highest BCUT2D eigenvalue weighted by Crippen LogP contribution is 2.15. The van der Waals surface area contributed by atoms with Crippen molar-refractivity contribution in [3.8, 4) is 6.07 Å². The van der Waals surface area contributed by atoms with Gasteiger partial charge in [-0.05, 0) is 26.8 Å². The Balaban J connectivity index is 1.82. The van der Waals surface area contributed by atoms with Crippen molar-refractivity contribution in [3.05, 3.63) is 29.2 Å². The Hall–Kier alpha value is -2.82. The summed E-state index contributed by atoms with van der Waals surface area (Å²) in [5, 5.41) is 17.1. The van der Waals surface area contributed by atoms with Crippen molar-refractivity contribution in [2.24, 2.45) is 0 Å². The Morgan fingerprint density at radius 2 is 2.26 bits per heavy atom. The molecule has 0 saturated heterocycles. The van der Waals surface area contributed by atoms with E-state index in [4.69, 9.17) is 15.7 Å². The minimum Gasteiger partial charge on any atom is -0.464 e. The number of esters is 1. The van der Waals surface area contributed by atoms with E-state index >= 15 is 0 Å². The third-order valence-corrected chi connectivity index (χ3v) is 3.49. The van der Waals surface area contributed by atoms with Crippen LogP contribution in [0, 0.1) is 25.2 Å². The largest absolute Gasteiger partial charge is 0.464 e. The fraction of sp³-hybridized carbons (Fsp3) is 0.467. The van der Waals surface area contributed by atoms with Gasteiger partial charge in [-0.2, -0.15) is 15.5 Å². The number of anilines is 1. The van der Waals surface area contributed by atoms with Gasteiger partial charge in [0.15, 0.2) is 0 Å². The van der Waals surface area contributed by atoms with Gasteiger partial charge in [-0.3, -0.25) is 9.48 Å². The third-order valence-electron chi connectivity index (χ3n) is 3.49. The van der Waals surface area contributed by atoms with Crippen LogP contribution in [0.3, 0.4) is 0 Å². The van der Waals surface area contributed by atoms with E-state index in [2.05, 4.69) is 10.2 Å². The number of carbonyl (C=O) groups is 1. The Kier molecular flexibility index (Phi) is 5.01. The molecule has 0 amide bonds. The van der Waals surface area contributed by atoms with Crippen LogP contribution in [-0.4, -0.2) is 32.1 Å². The zero-order chi connectivity index (χ0) is 17.0. The van der Waals surface area contributed by atoms with E-state index < -0.39 is 0 Å². The predicted molar refractivity (Wildman–Crippen MR) is 83.3 cm³/mol. The molecule has 0 aliphatic heterocycles. The average molecular weight is 316 g/mol.